The molecule has 1 fully saturated rings. The van der Waals surface area contributed by atoms with E-state index < -0.39 is 11.7 Å². The number of hydrogen-bond acceptors (Lipinski definition) is 2. The Morgan fingerprint density at radius 1 is 1.18 bits per heavy atom. The molecule has 1 saturated heterocycles. The molecule has 2 heterocycles. The fraction of sp³-hybridized carbons (Fsp3) is 0.500. The first-order chi connectivity index (χ1) is 10.5. The topological polar surface area (TPSA) is 37.0 Å². The second-order valence-corrected chi connectivity index (χ2v) is 5.73. The summed E-state index contributed by atoms with van der Waals surface area (Å²) in [6.45, 7) is 0.362. The number of ether oxygens (including phenoxy) is 1. The third kappa shape index (κ3) is 2.26. The molecular weight excluding hydrogens is 293 g/mol. The lowest BCUT2D eigenvalue weighted by atomic mass is 9.84. The van der Waals surface area contributed by atoms with Gasteiger partial charge in [-0.15, -0.1) is 0 Å². The Labute approximate surface area is 126 Å². The Morgan fingerprint density at radius 3 is 2.73 bits per heavy atom. The van der Waals surface area contributed by atoms with Gasteiger partial charge in [-0.2, -0.15) is 13.2 Å². The fourth-order valence-corrected chi connectivity index (χ4v) is 3.36. The highest BCUT2D eigenvalue weighted by Gasteiger charge is 2.56. The number of fused-ring (bicyclic) bond motifs is 1. The molecule has 3 rings (SSSR count). The molecule has 6 heteroatoms. The number of aromatic nitrogens is 1. The number of alkyl halides is 3. The van der Waals surface area contributed by atoms with Crippen LogP contribution < -0.4 is 10.1 Å². The van der Waals surface area contributed by atoms with Crippen molar-refractivity contribution in [2.24, 2.45) is 0 Å². The van der Waals surface area contributed by atoms with Crippen LogP contribution in [0.4, 0.5) is 13.2 Å². The molecule has 3 nitrogen and oxygen atoms in total. The van der Waals surface area contributed by atoms with Gasteiger partial charge in [-0.1, -0.05) is 18.9 Å². The minimum Gasteiger partial charge on any atom is -0.496 e. The summed E-state index contributed by atoms with van der Waals surface area (Å²) in [7, 11) is 1.48. The summed E-state index contributed by atoms with van der Waals surface area (Å²) in [5.41, 5.74) is -1.13. The lowest BCUT2D eigenvalue weighted by Gasteiger charge is -2.36. The van der Waals surface area contributed by atoms with E-state index in [9.17, 15) is 13.2 Å². The van der Waals surface area contributed by atoms with Gasteiger partial charge < -0.3 is 9.72 Å². The number of rotatable bonds is 2. The number of methoxy groups -OCH3 is 1. The molecule has 120 valence electrons. The van der Waals surface area contributed by atoms with Gasteiger partial charge in [0.25, 0.3) is 0 Å². The fourth-order valence-electron chi connectivity index (χ4n) is 3.36. The predicted molar refractivity (Wildman–Crippen MR) is 79.1 cm³/mol. The van der Waals surface area contributed by atoms with Crippen LogP contribution in [-0.2, 0) is 5.54 Å². The summed E-state index contributed by atoms with van der Waals surface area (Å²) in [5.74, 6) is 0.462. The van der Waals surface area contributed by atoms with Crippen molar-refractivity contribution >= 4 is 10.9 Å². The summed E-state index contributed by atoms with van der Waals surface area (Å²) < 4.78 is 47.3. The maximum Gasteiger partial charge on any atom is 0.410 e. The van der Waals surface area contributed by atoms with Crippen LogP contribution >= 0.6 is 0 Å². The third-order valence-electron chi connectivity index (χ3n) is 4.49. The molecular formula is C16H19F3N2O. The highest BCUT2D eigenvalue weighted by molar-refractivity contribution is 5.90. The second-order valence-electron chi connectivity index (χ2n) is 5.73. The highest BCUT2D eigenvalue weighted by Crippen LogP contribution is 2.47. The van der Waals surface area contributed by atoms with Crippen molar-refractivity contribution in [2.75, 3.05) is 13.7 Å². The first-order valence-corrected chi connectivity index (χ1v) is 7.46. The summed E-state index contributed by atoms with van der Waals surface area (Å²) >= 11 is 0. The number of halogens is 3. The van der Waals surface area contributed by atoms with Crippen molar-refractivity contribution in [1.29, 1.82) is 0 Å². The SMILES string of the molecule is COc1cccc2[nH]cc(C3(C(F)(F)F)CCCCCN3)c12. The molecule has 1 aliphatic heterocycles. The smallest absolute Gasteiger partial charge is 0.410 e. The van der Waals surface area contributed by atoms with Crippen LogP contribution in [0.25, 0.3) is 10.9 Å². The van der Waals surface area contributed by atoms with Gasteiger partial charge >= 0.3 is 6.18 Å². The zero-order valence-corrected chi connectivity index (χ0v) is 12.4. The van der Waals surface area contributed by atoms with Gasteiger partial charge in [-0.05, 0) is 31.5 Å². The van der Waals surface area contributed by atoms with E-state index in [1.807, 2.05) is 0 Å². The van der Waals surface area contributed by atoms with Crippen LogP contribution in [0.5, 0.6) is 5.75 Å². The molecule has 0 spiro atoms. The minimum atomic E-state index is -4.37. The van der Waals surface area contributed by atoms with E-state index >= 15 is 0 Å². The van der Waals surface area contributed by atoms with E-state index in [0.29, 0.717) is 29.6 Å². The monoisotopic (exact) mass is 312 g/mol. The molecule has 1 aromatic carbocycles. The minimum absolute atomic E-state index is 0.0432. The van der Waals surface area contributed by atoms with Crippen LogP contribution in [0.3, 0.4) is 0 Å². The summed E-state index contributed by atoms with van der Waals surface area (Å²) in [4.78, 5) is 2.96. The van der Waals surface area contributed by atoms with E-state index in [0.717, 1.165) is 12.8 Å². The van der Waals surface area contributed by atoms with Crippen molar-refractivity contribution in [2.45, 2.75) is 37.4 Å². The van der Waals surface area contributed by atoms with Crippen molar-refractivity contribution in [3.8, 4) is 5.75 Å². The van der Waals surface area contributed by atoms with Crippen LogP contribution in [0.2, 0.25) is 0 Å². The maximum absolute atomic E-state index is 14.0. The van der Waals surface area contributed by atoms with Crippen molar-refractivity contribution in [3.05, 3.63) is 30.0 Å². The zero-order chi connectivity index (χ0) is 15.8. The third-order valence-corrected chi connectivity index (χ3v) is 4.49. The standard InChI is InChI=1S/C16H19F3N2O/c1-22-13-7-5-6-12-14(13)11(10-20-12)15(16(17,18)19)8-3-2-4-9-21-15/h5-7,10,20-21H,2-4,8-9H2,1H3. The summed E-state index contributed by atoms with van der Waals surface area (Å²) in [6, 6.07) is 5.23. The van der Waals surface area contributed by atoms with E-state index in [1.54, 1.807) is 18.2 Å². The average Bonchev–Trinajstić information content (AvgIpc) is 2.75. The lowest BCUT2D eigenvalue weighted by Crippen LogP contribution is -2.53. The Kier molecular flexibility index (Phi) is 3.80. The van der Waals surface area contributed by atoms with Gasteiger partial charge in [-0.25, -0.2) is 0 Å². The van der Waals surface area contributed by atoms with Gasteiger partial charge in [0.2, 0.25) is 0 Å². The van der Waals surface area contributed by atoms with Gasteiger partial charge in [0, 0.05) is 22.7 Å². The van der Waals surface area contributed by atoms with E-state index in [4.69, 9.17) is 4.74 Å². The van der Waals surface area contributed by atoms with E-state index in [1.165, 1.54) is 13.3 Å². The molecule has 22 heavy (non-hydrogen) atoms. The quantitative estimate of drug-likeness (QED) is 0.876. The molecule has 0 aliphatic carbocycles. The zero-order valence-electron chi connectivity index (χ0n) is 12.4. The molecule has 1 aliphatic rings. The molecule has 1 atom stereocenters. The van der Waals surface area contributed by atoms with Gasteiger partial charge in [-0.3, -0.25) is 5.32 Å². The van der Waals surface area contributed by atoms with Crippen molar-refractivity contribution < 1.29 is 17.9 Å². The van der Waals surface area contributed by atoms with Crippen LogP contribution in [0.15, 0.2) is 24.4 Å². The van der Waals surface area contributed by atoms with Crippen LogP contribution in [-0.4, -0.2) is 24.8 Å². The second kappa shape index (κ2) is 5.50. The molecule has 2 N–H and O–H groups in total. The van der Waals surface area contributed by atoms with Crippen molar-refractivity contribution in [3.63, 3.8) is 0 Å². The predicted octanol–water partition coefficient (Wildman–Crippen LogP) is 4.10. The molecule has 0 amide bonds. The normalized spacial score (nSPS) is 23.5. The van der Waals surface area contributed by atoms with E-state index in [2.05, 4.69) is 10.3 Å². The number of hydrogen-bond donors (Lipinski definition) is 2. The summed E-state index contributed by atoms with van der Waals surface area (Å²) in [5, 5.41) is 3.29. The van der Waals surface area contributed by atoms with E-state index in [-0.39, 0.29) is 12.0 Å². The molecule has 0 saturated carbocycles. The lowest BCUT2D eigenvalue weighted by molar-refractivity contribution is -0.202. The first-order valence-electron chi connectivity index (χ1n) is 7.46. The number of H-pyrrole nitrogens is 1. The summed E-state index contributed by atoms with van der Waals surface area (Å²) in [6.07, 6.45) is -0.732. The molecule has 1 unspecified atom stereocenters. The van der Waals surface area contributed by atoms with Gasteiger partial charge in [0.15, 0.2) is 0 Å². The van der Waals surface area contributed by atoms with Crippen LogP contribution in [0.1, 0.15) is 31.2 Å². The Hall–Kier alpha value is -1.69. The molecule has 0 bridgehead atoms. The first kappa shape index (κ1) is 15.2. The van der Waals surface area contributed by atoms with Crippen LogP contribution in [0, 0.1) is 0 Å². The Bertz CT molecular complexity index is 655. The Morgan fingerprint density at radius 2 is 2.00 bits per heavy atom. The highest BCUT2D eigenvalue weighted by atomic mass is 19.4. The number of aromatic amines is 1. The molecule has 0 radical (unpaired) electrons. The number of nitrogens with one attached hydrogen (secondary N) is 2. The molecule has 1 aromatic heterocycles. The number of benzene rings is 1. The van der Waals surface area contributed by atoms with Crippen molar-refractivity contribution in [1.82, 2.24) is 10.3 Å². The Balaban J connectivity index is 2.25. The largest absolute Gasteiger partial charge is 0.496 e. The van der Waals surface area contributed by atoms with Gasteiger partial charge in [0.05, 0.1) is 7.11 Å². The molecule has 2 aromatic rings. The average molecular weight is 312 g/mol. The van der Waals surface area contributed by atoms with Gasteiger partial charge in [0.1, 0.15) is 11.3 Å². The maximum atomic E-state index is 14.0.